The Hall–Kier alpha value is -3.06. The Kier molecular flexibility index (Phi) is 4.43. The van der Waals surface area contributed by atoms with E-state index in [-0.39, 0.29) is 17.5 Å². The third-order valence-electron chi connectivity index (χ3n) is 5.93. The fourth-order valence-electron chi connectivity index (χ4n) is 4.43. The topological polar surface area (TPSA) is 76.7 Å². The SMILES string of the molecule is Cc1nn([C@@H]2CCS(=O)(=O)C2)c(C)c1/C=N\N=C1c2ccccc2-c2ccccc21. The van der Waals surface area contributed by atoms with Crippen molar-refractivity contribution in [2.45, 2.75) is 26.3 Å². The van der Waals surface area contributed by atoms with E-state index in [0.29, 0.717) is 6.42 Å². The summed E-state index contributed by atoms with van der Waals surface area (Å²) in [6.07, 6.45) is 2.34. The van der Waals surface area contributed by atoms with Crippen molar-refractivity contribution < 1.29 is 8.42 Å². The minimum atomic E-state index is -2.97. The first-order valence-corrected chi connectivity index (χ1v) is 11.8. The zero-order valence-electron chi connectivity index (χ0n) is 16.9. The summed E-state index contributed by atoms with van der Waals surface area (Å²) in [4.78, 5) is 0. The summed E-state index contributed by atoms with van der Waals surface area (Å²) in [7, 11) is -2.97. The Morgan fingerprint density at radius 1 is 1.00 bits per heavy atom. The number of hydrogen-bond donors (Lipinski definition) is 0. The maximum atomic E-state index is 11.9. The van der Waals surface area contributed by atoms with Gasteiger partial charge in [-0.2, -0.15) is 10.2 Å². The van der Waals surface area contributed by atoms with Crippen LogP contribution >= 0.6 is 0 Å². The van der Waals surface area contributed by atoms with Gasteiger partial charge in [0, 0.05) is 22.4 Å². The van der Waals surface area contributed by atoms with Crippen LogP contribution in [0.2, 0.25) is 0 Å². The molecule has 5 rings (SSSR count). The molecule has 0 unspecified atom stereocenters. The monoisotopic (exact) mass is 418 g/mol. The van der Waals surface area contributed by atoms with E-state index >= 15 is 0 Å². The predicted octanol–water partition coefficient (Wildman–Crippen LogP) is 3.71. The zero-order valence-corrected chi connectivity index (χ0v) is 17.7. The van der Waals surface area contributed by atoms with Crippen LogP contribution in [0.5, 0.6) is 0 Å². The lowest BCUT2D eigenvalue weighted by Gasteiger charge is -2.10. The van der Waals surface area contributed by atoms with E-state index in [2.05, 4.69) is 39.6 Å². The highest BCUT2D eigenvalue weighted by Crippen LogP contribution is 2.36. The average molecular weight is 419 g/mol. The second-order valence-corrected chi connectivity index (χ2v) is 10.1. The van der Waals surface area contributed by atoms with E-state index in [4.69, 9.17) is 0 Å². The van der Waals surface area contributed by atoms with Crippen LogP contribution in [0, 0.1) is 13.8 Å². The van der Waals surface area contributed by atoms with E-state index < -0.39 is 9.84 Å². The van der Waals surface area contributed by atoms with Crippen LogP contribution in [0.25, 0.3) is 11.1 Å². The minimum absolute atomic E-state index is 0.101. The summed E-state index contributed by atoms with van der Waals surface area (Å²) in [5.41, 5.74) is 8.01. The Bertz CT molecular complexity index is 1270. The zero-order chi connectivity index (χ0) is 20.9. The van der Waals surface area contributed by atoms with Crippen LogP contribution in [0.3, 0.4) is 0 Å². The van der Waals surface area contributed by atoms with E-state index in [1.807, 2.05) is 42.8 Å². The number of rotatable bonds is 3. The molecule has 1 aromatic heterocycles. The van der Waals surface area contributed by atoms with Crippen LogP contribution in [0.4, 0.5) is 0 Å². The van der Waals surface area contributed by atoms with Crippen LogP contribution in [-0.2, 0) is 9.84 Å². The Morgan fingerprint density at radius 3 is 2.17 bits per heavy atom. The molecule has 0 saturated carbocycles. The number of aryl methyl sites for hydroxylation is 1. The number of aromatic nitrogens is 2. The fraction of sp³-hybridized carbons (Fsp3) is 0.261. The standard InChI is InChI=1S/C23H22N4O2S/c1-15-22(16(2)27(26-15)17-11-12-30(28,29)14-17)13-24-25-23-20-9-5-3-7-18(20)19-8-4-6-10-21(19)23/h3-10,13,17H,11-12,14H2,1-2H3/b24-13-/t17-/m1/s1. The van der Waals surface area contributed by atoms with Crippen molar-refractivity contribution in [1.82, 2.24) is 9.78 Å². The highest BCUT2D eigenvalue weighted by atomic mass is 32.2. The highest BCUT2D eigenvalue weighted by Gasteiger charge is 2.31. The molecular formula is C23H22N4O2S. The molecule has 2 heterocycles. The summed E-state index contributed by atoms with van der Waals surface area (Å²) in [5, 5.41) is 13.6. The number of sulfone groups is 1. The number of benzene rings is 2. The summed E-state index contributed by atoms with van der Waals surface area (Å²) < 4.78 is 25.5. The highest BCUT2D eigenvalue weighted by molar-refractivity contribution is 7.91. The van der Waals surface area contributed by atoms with Crippen molar-refractivity contribution in [3.05, 3.63) is 76.6 Å². The van der Waals surface area contributed by atoms with Crippen molar-refractivity contribution in [1.29, 1.82) is 0 Å². The molecule has 0 radical (unpaired) electrons. The van der Waals surface area contributed by atoms with E-state index in [0.717, 1.165) is 33.8 Å². The lowest BCUT2D eigenvalue weighted by atomic mass is 10.1. The molecule has 2 aromatic carbocycles. The van der Waals surface area contributed by atoms with Gasteiger partial charge in [0.15, 0.2) is 9.84 Å². The molecule has 7 heteroatoms. The number of fused-ring (bicyclic) bond motifs is 3. The molecule has 1 fully saturated rings. The fourth-order valence-corrected chi connectivity index (χ4v) is 6.12. The molecule has 1 saturated heterocycles. The Balaban J connectivity index is 1.49. The third kappa shape index (κ3) is 3.10. The quantitative estimate of drug-likeness (QED) is 0.376. The molecule has 1 atom stereocenters. The Morgan fingerprint density at radius 2 is 1.60 bits per heavy atom. The molecule has 30 heavy (non-hydrogen) atoms. The van der Waals surface area contributed by atoms with Crippen LogP contribution in [-0.4, -0.2) is 41.6 Å². The molecule has 1 aliphatic heterocycles. The second-order valence-electron chi connectivity index (χ2n) is 7.87. The number of nitrogens with zero attached hydrogens (tertiary/aromatic N) is 4. The van der Waals surface area contributed by atoms with Gasteiger partial charge in [0.05, 0.1) is 29.5 Å². The molecular weight excluding hydrogens is 396 g/mol. The van der Waals surface area contributed by atoms with Gasteiger partial charge in [0.1, 0.15) is 5.71 Å². The molecule has 6 nitrogen and oxygen atoms in total. The summed E-state index contributed by atoms with van der Waals surface area (Å²) in [6.45, 7) is 3.88. The van der Waals surface area contributed by atoms with Gasteiger partial charge >= 0.3 is 0 Å². The largest absolute Gasteiger partial charge is 0.265 e. The smallest absolute Gasteiger partial charge is 0.152 e. The normalized spacial score (nSPS) is 19.3. The van der Waals surface area contributed by atoms with Gasteiger partial charge in [-0.05, 0) is 31.4 Å². The number of hydrogen-bond acceptors (Lipinski definition) is 5. The van der Waals surface area contributed by atoms with Gasteiger partial charge in [-0.3, -0.25) is 4.68 Å². The van der Waals surface area contributed by atoms with Gasteiger partial charge in [-0.25, -0.2) is 8.42 Å². The average Bonchev–Trinajstić information content (AvgIpc) is 3.35. The van der Waals surface area contributed by atoms with E-state index in [1.165, 1.54) is 11.1 Å². The summed E-state index contributed by atoms with van der Waals surface area (Å²) in [6, 6.07) is 16.3. The van der Waals surface area contributed by atoms with E-state index in [1.54, 1.807) is 6.21 Å². The van der Waals surface area contributed by atoms with Crippen LogP contribution in [0.15, 0.2) is 58.7 Å². The van der Waals surface area contributed by atoms with Crippen LogP contribution in [0.1, 0.15) is 40.5 Å². The molecule has 0 bridgehead atoms. The van der Waals surface area contributed by atoms with Crippen molar-refractivity contribution >= 4 is 21.8 Å². The van der Waals surface area contributed by atoms with E-state index in [9.17, 15) is 8.42 Å². The molecule has 0 spiro atoms. The predicted molar refractivity (Wildman–Crippen MR) is 119 cm³/mol. The molecule has 152 valence electrons. The molecule has 2 aliphatic rings. The second kappa shape index (κ2) is 7.02. The molecule has 1 aliphatic carbocycles. The van der Waals surface area contributed by atoms with Gasteiger partial charge in [0.2, 0.25) is 0 Å². The first-order chi connectivity index (χ1) is 14.4. The molecule has 3 aromatic rings. The minimum Gasteiger partial charge on any atom is -0.265 e. The third-order valence-corrected chi connectivity index (χ3v) is 7.68. The van der Waals surface area contributed by atoms with Crippen LogP contribution < -0.4 is 0 Å². The van der Waals surface area contributed by atoms with Crippen molar-refractivity contribution in [3.8, 4) is 11.1 Å². The maximum Gasteiger partial charge on any atom is 0.152 e. The first-order valence-electron chi connectivity index (χ1n) is 10.0. The maximum absolute atomic E-state index is 11.9. The van der Waals surface area contributed by atoms with Crippen molar-refractivity contribution in [2.75, 3.05) is 11.5 Å². The van der Waals surface area contributed by atoms with Crippen molar-refractivity contribution in [3.63, 3.8) is 0 Å². The van der Waals surface area contributed by atoms with Gasteiger partial charge in [-0.1, -0.05) is 48.5 Å². The summed E-state index contributed by atoms with van der Waals surface area (Å²) in [5.74, 6) is 0.382. The summed E-state index contributed by atoms with van der Waals surface area (Å²) >= 11 is 0. The molecule has 0 amide bonds. The lowest BCUT2D eigenvalue weighted by Crippen LogP contribution is -2.14. The Labute approximate surface area is 175 Å². The first kappa shape index (κ1) is 18.9. The molecule has 0 N–H and O–H groups in total. The lowest BCUT2D eigenvalue weighted by molar-refractivity contribution is 0.486. The van der Waals surface area contributed by atoms with Gasteiger partial charge in [-0.15, -0.1) is 5.10 Å². The van der Waals surface area contributed by atoms with Gasteiger partial charge in [0.25, 0.3) is 0 Å². The van der Waals surface area contributed by atoms with Crippen molar-refractivity contribution in [2.24, 2.45) is 10.2 Å². The van der Waals surface area contributed by atoms with Gasteiger partial charge < -0.3 is 0 Å².